The van der Waals surface area contributed by atoms with Crippen molar-refractivity contribution < 1.29 is 27.7 Å². The lowest BCUT2D eigenvalue weighted by Crippen LogP contribution is -2.52. The second kappa shape index (κ2) is 13.4. The van der Waals surface area contributed by atoms with Gasteiger partial charge in [-0.15, -0.1) is 0 Å². The number of piperazine rings is 1. The summed E-state index contributed by atoms with van der Waals surface area (Å²) >= 11 is 0. The number of piperidine rings is 1. The van der Waals surface area contributed by atoms with Gasteiger partial charge in [-0.3, -0.25) is 4.90 Å². The fourth-order valence-corrected chi connectivity index (χ4v) is 5.48. The molecule has 0 unspecified atom stereocenters. The van der Waals surface area contributed by atoms with Gasteiger partial charge in [0.25, 0.3) is 0 Å². The van der Waals surface area contributed by atoms with Crippen LogP contribution in [0.2, 0.25) is 0 Å². The Morgan fingerprint density at radius 2 is 1.45 bits per heavy atom. The first kappa shape index (κ1) is 29.6. The molecule has 1 N–H and O–H groups in total. The number of ether oxygens (including phenoxy) is 4. The zero-order chi connectivity index (χ0) is 29.6. The van der Waals surface area contributed by atoms with Gasteiger partial charge in [0.15, 0.2) is 28.9 Å². The highest BCUT2D eigenvalue weighted by atomic mass is 19.1. The molecule has 0 aliphatic carbocycles. The van der Waals surface area contributed by atoms with Crippen LogP contribution in [-0.2, 0) is 6.61 Å². The summed E-state index contributed by atoms with van der Waals surface area (Å²) in [7, 11) is 6.45. The quantitative estimate of drug-likeness (QED) is 0.372. The minimum atomic E-state index is -0.855. The molecule has 12 heteroatoms. The van der Waals surface area contributed by atoms with Gasteiger partial charge in [-0.1, -0.05) is 0 Å². The van der Waals surface area contributed by atoms with E-state index in [2.05, 4.69) is 43.1 Å². The Balaban J connectivity index is 1.18. The van der Waals surface area contributed by atoms with Gasteiger partial charge < -0.3 is 34.1 Å². The summed E-state index contributed by atoms with van der Waals surface area (Å²) in [6, 6.07) is 7.75. The Morgan fingerprint density at radius 1 is 0.833 bits per heavy atom. The Morgan fingerprint density at radius 3 is 2.05 bits per heavy atom. The highest BCUT2D eigenvalue weighted by molar-refractivity contribution is 5.67. The maximum Gasteiger partial charge on any atom is 0.227 e. The first-order valence-electron chi connectivity index (χ1n) is 14.1. The third-order valence-corrected chi connectivity index (χ3v) is 7.97. The Bertz CT molecular complexity index is 1320. The van der Waals surface area contributed by atoms with Crippen molar-refractivity contribution in [2.75, 3.05) is 77.9 Å². The summed E-state index contributed by atoms with van der Waals surface area (Å²) in [6.45, 7) is 6.15. The zero-order valence-corrected chi connectivity index (χ0v) is 24.5. The van der Waals surface area contributed by atoms with E-state index >= 15 is 0 Å². The molecule has 0 radical (unpaired) electrons. The van der Waals surface area contributed by atoms with E-state index in [-0.39, 0.29) is 22.8 Å². The molecule has 0 bridgehead atoms. The molecule has 0 saturated carbocycles. The summed E-state index contributed by atoms with van der Waals surface area (Å²) in [4.78, 5) is 16.0. The molecule has 2 aliphatic rings. The fraction of sp³-hybridized carbons (Fsp3) is 0.467. The van der Waals surface area contributed by atoms with Crippen molar-refractivity contribution in [1.82, 2.24) is 19.8 Å². The molecule has 3 aromatic rings. The molecule has 0 spiro atoms. The van der Waals surface area contributed by atoms with Crippen molar-refractivity contribution >= 4 is 17.3 Å². The smallest absolute Gasteiger partial charge is 0.227 e. The zero-order valence-electron chi connectivity index (χ0n) is 24.5. The molecule has 2 saturated heterocycles. The average Bonchev–Trinajstić information content (AvgIpc) is 3.02. The van der Waals surface area contributed by atoms with Crippen LogP contribution >= 0.6 is 0 Å². The van der Waals surface area contributed by atoms with Crippen LogP contribution in [0.5, 0.6) is 23.0 Å². The number of benzene rings is 2. The summed E-state index contributed by atoms with van der Waals surface area (Å²) in [5, 5.41) is 3.17. The normalized spacial score (nSPS) is 16.8. The minimum absolute atomic E-state index is 0.140. The van der Waals surface area contributed by atoms with Crippen molar-refractivity contribution in [1.29, 1.82) is 0 Å². The number of aromatic nitrogens is 2. The van der Waals surface area contributed by atoms with E-state index < -0.39 is 18.2 Å². The number of anilines is 3. The van der Waals surface area contributed by atoms with E-state index in [1.807, 2.05) is 12.1 Å². The van der Waals surface area contributed by atoms with Crippen molar-refractivity contribution in [2.24, 2.45) is 0 Å². The van der Waals surface area contributed by atoms with Crippen molar-refractivity contribution in [2.45, 2.75) is 25.5 Å². The number of methoxy groups -OCH3 is 3. The molecule has 1 aromatic heterocycles. The second-order valence-electron chi connectivity index (χ2n) is 10.5. The number of hydrogen-bond donors (Lipinski definition) is 1. The first-order valence-corrected chi connectivity index (χ1v) is 14.1. The number of hydrogen-bond acceptors (Lipinski definition) is 10. The number of rotatable bonds is 10. The first-order chi connectivity index (χ1) is 20.4. The molecule has 0 amide bonds. The fourth-order valence-electron chi connectivity index (χ4n) is 5.48. The Hall–Kier alpha value is -3.90. The minimum Gasteiger partial charge on any atom is -0.495 e. The maximum absolute atomic E-state index is 14.6. The number of nitrogens with zero attached hydrogens (tertiary/aromatic N) is 5. The predicted molar refractivity (Wildman–Crippen MR) is 156 cm³/mol. The van der Waals surface area contributed by atoms with Crippen LogP contribution in [0.4, 0.5) is 26.1 Å². The van der Waals surface area contributed by atoms with Crippen LogP contribution < -0.4 is 29.2 Å². The van der Waals surface area contributed by atoms with Crippen molar-refractivity contribution in [3.8, 4) is 23.0 Å². The molecule has 0 atom stereocenters. The van der Waals surface area contributed by atoms with Crippen LogP contribution in [0.15, 0.2) is 36.7 Å². The third kappa shape index (κ3) is 6.60. The van der Waals surface area contributed by atoms with Crippen LogP contribution in [0.3, 0.4) is 0 Å². The molecule has 10 nitrogen and oxygen atoms in total. The van der Waals surface area contributed by atoms with E-state index in [0.717, 1.165) is 75.3 Å². The van der Waals surface area contributed by atoms with Gasteiger partial charge in [0.05, 0.1) is 45.0 Å². The standard InChI is InChI=1S/C30H38F2N6O4/c1-36-11-13-37(14-12-36)21-7-9-38(10-8-21)24-6-5-20(15-25(24)39-2)35-30-33-17-22(18-34-30)42-19-23-28(31)26(40-3)16-27(41-4)29(23)32/h5-6,15-18,21H,7-14,19H2,1-4H3,(H,33,34,35). The maximum atomic E-state index is 14.6. The topological polar surface area (TPSA) is 84.4 Å². The highest BCUT2D eigenvalue weighted by Gasteiger charge is 2.28. The molecule has 5 rings (SSSR count). The second-order valence-corrected chi connectivity index (χ2v) is 10.5. The van der Waals surface area contributed by atoms with Gasteiger partial charge >= 0.3 is 0 Å². The van der Waals surface area contributed by atoms with Gasteiger partial charge in [0, 0.05) is 63.1 Å². The molecule has 2 aromatic carbocycles. The van der Waals surface area contributed by atoms with Crippen LogP contribution in [0, 0.1) is 11.6 Å². The van der Waals surface area contributed by atoms with Gasteiger partial charge in [-0.05, 0) is 32.0 Å². The molecule has 3 heterocycles. The molecular weight excluding hydrogens is 546 g/mol. The summed E-state index contributed by atoms with van der Waals surface area (Å²) in [5.41, 5.74) is 1.52. The lowest BCUT2D eigenvalue weighted by atomic mass is 10.0. The highest BCUT2D eigenvalue weighted by Crippen LogP contribution is 2.35. The third-order valence-electron chi connectivity index (χ3n) is 7.97. The van der Waals surface area contributed by atoms with Gasteiger partial charge in [0.2, 0.25) is 5.95 Å². The lowest BCUT2D eigenvalue weighted by molar-refractivity contribution is 0.0981. The Kier molecular flexibility index (Phi) is 9.43. The van der Waals surface area contributed by atoms with Crippen molar-refractivity contribution in [3.63, 3.8) is 0 Å². The van der Waals surface area contributed by atoms with Crippen LogP contribution in [0.25, 0.3) is 0 Å². The number of halogens is 2. The van der Waals surface area contributed by atoms with E-state index in [9.17, 15) is 8.78 Å². The SMILES string of the molecule is COc1cc(Nc2ncc(OCc3c(F)c(OC)cc(OC)c3F)cn2)ccc1N1CCC(N2CCN(C)CC2)CC1. The van der Waals surface area contributed by atoms with Crippen LogP contribution in [0.1, 0.15) is 18.4 Å². The molecule has 226 valence electrons. The Labute approximate surface area is 245 Å². The summed E-state index contributed by atoms with van der Waals surface area (Å²) < 4.78 is 50.5. The molecular formula is C30H38F2N6O4. The largest absolute Gasteiger partial charge is 0.495 e. The van der Waals surface area contributed by atoms with Crippen LogP contribution in [-0.4, -0.2) is 93.5 Å². The number of likely N-dealkylation sites (N-methyl/N-ethyl adjacent to an activating group) is 1. The number of nitrogens with one attached hydrogen (secondary N) is 1. The van der Waals surface area contributed by atoms with E-state index in [0.29, 0.717) is 12.0 Å². The van der Waals surface area contributed by atoms with Gasteiger partial charge in [-0.25, -0.2) is 18.7 Å². The van der Waals surface area contributed by atoms with E-state index in [1.54, 1.807) is 7.11 Å². The molecule has 2 aliphatic heterocycles. The summed E-state index contributed by atoms with van der Waals surface area (Å²) in [5.74, 6) is -0.632. The lowest BCUT2D eigenvalue weighted by Gasteiger charge is -2.42. The van der Waals surface area contributed by atoms with Gasteiger partial charge in [-0.2, -0.15) is 0 Å². The van der Waals surface area contributed by atoms with E-state index in [1.165, 1.54) is 26.6 Å². The molecule has 2 fully saturated rings. The van der Waals surface area contributed by atoms with E-state index in [4.69, 9.17) is 18.9 Å². The predicted octanol–water partition coefficient (Wildman–Crippen LogP) is 4.32. The summed E-state index contributed by atoms with van der Waals surface area (Å²) in [6.07, 6.45) is 5.14. The average molecular weight is 585 g/mol. The monoisotopic (exact) mass is 584 g/mol. The van der Waals surface area contributed by atoms with Gasteiger partial charge in [0.1, 0.15) is 12.4 Å². The molecule has 42 heavy (non-hydrogen) atoms. The van der Waals surface area contributed by atoms with Crippen molar-refractivity contribution in [3.05, 3.63) is 53.9 Å².